The minimum atomic E-state index is -4.05. The van der Waals surface area contributed by atoms with Crippen molar-refractivity contribution in [1.29, 1.82) is 0 Å². The molecule has 2 aliphatic rings. The average molecular weight is 280 g/mol. The number of halogens is 3. The first-order valence-corrected chi connectivity index (χ1v) is 7.54. The Bertz CT molecular complexity index is 304. The predicted molar refractivity (Wildman–Crippen MR) is 68.9 cm³/mol. The molecule has 18 heavy (non-hydrogen) atoms. The highest BCUT2D eigenvalue weighted by Crippen LogP contribution is 2.31. The van der Waals surface area contributed by atoms with Crippen molar-refractivity contribution in [2.24, 2.45) is 10.9 Å². The Morgan fingerprint density at radius 2 is 2.06 bits per heavy atom. The van der Waals surface area contributed by atoms with Crippen LogP contribution < -0.4 is 5.32 Å². The van der Waals surface area contributed by atoms with E-state index in [2.05, 4.69) is 10.3 Å². The van der Waals surface area contributed by atoms with E-state index in [9.17, 15) is 13.2 Å². The molecule has 1 N–H and O–H groups in total. The van der Waals surface area contributed by atoms with Gasteiger partial charge in [-0.1, -0.05) is 24.6 Å². The van der Waals surface area contributed by atoms with E-state index in [1.165, 1.54) is 25.7 Å². The number of rotatable bonds is 3. The van der Waals surface area contributed by atoms with Gasteiger partial charge in [0, 0.05) is 24.8 Å². The Morgan fingerprint density at radius 3 is 2.83 bits per heavy atom. The van der Waals surface area contributed by atoms with Gasteiger partial charge in [0.1, 0.15) is 0 Å². The highest BCUT2D eigenvalue weighted by molar-refractivity contribution is 8.13. The molecule has 1 saturated carbocycles. The van der Waals surface area contributed by atoms with Crippen molar-refractivity contribution in [3.8, 4) is 0 Å². The molecule has 2 atom stereocenters. The quantitative estimate of drug-likeness (QED) is 0.799. The molecule has 0 aromatic carbocycles. The summed E-state index contributed by atoms with van der Waals surface area (Å²) in [5.41, 5.74) is 0. The summed E-state index contributed by atoms with van der Waals surface area (Å²) in [6.45, 7) is 0.270. The number of nitrogens with one attached hydrogen (secondary N) is 1. The second-order valence-electron chi connectivity index (χ2n) is 5.01. The van der Waals surface area contributed by atoms with Gasteiger partial charge in [-0.3, -0.25) is 4.99 Å². The Balaban J connectivity index is 1.73. The lowest BCUT2D eigenvalue weighted by Gasteiger charge is -2.36. The summed E-state index contributed by atoms with van der Waals surface area (Å²) >= 11 is 1.66. The second-order valence-corrected chi connectivity index (χ2v) is 6.02. The van der Waals surface area contributed by atoms with Crippen LogP contribution in [0.15, 0.2) is 4.99 Å². The first kappa shape index (κ1) is 14.0. The minimum absolute atomic E-state index is 0.0866. The topological polar surface area (TPSA) is 24.4 Å². The SMILES string of the molecule is FC(F)(F)CCCN=C1NC2CCCCC2CS1. The molecule has 2 fully saturated rings. The molecule has 1 aliphatic heterocycles. The first-order chi connectivity index (χ1) is 8.54. The maximum Gasteiger partial charge on any atom is 0.389 e. The summed E-state index contributed by atoms with van der Waals surface area (Å²) in [6, 6.07) is 0.501. The average Bonchev–Trinajstić information content (AvgIpc) is 2.33. The number of aliphatic imine (C=N–C) groups is 1. The van der Waals surface area contributed by atoms with Crippen LogP contribution in [0.3, 0.4) is 0 Å². The van der Waals surface area contributed by atoms with Crippen molar-refractivity contribution in [1.82, 2.24) is 5.32 Å². The molecule has 2 nitrogen and oxygen atoms in total. The summed E-state index contributed by atoms with van der Waals surface area (Å²) in [5, 5.41) is 4.23. The van der Waals surface area contributed by atoms with Gasteiger partial charge in [-0.25, -0.2) is 0 Å². The van der Waals surface area contributed by atoms with E-state index in [-0.39, 0.29) is 13.0 Å². The number of nitrogens with zero attached hydrogens (tertiary/aromatic N) is 1. The van der Waals surface area contributed by atoms with Crippen molar-refractivity contribution in [3.63, 3.8) is 0 Å². The molecule has 1 heterocycles. The molecule has 0 aromatic rings. The normalized spacial score (nSPS) is 30.9. The standard InChI is InChI=1S/C12H19F3N2S/c13-12(14,15)6-3-7-16-11-17-10-5-2-1-4-9(10)8-18-11/h9-10H,1-8H2,(H,16,17). The van der Waals surface area contributed by atoms with Gasteiger partial charge in [-0.05, 0) is 25.2 Å². The summed E-state index contributed by atoms with van der Waals surface area (Å²) < 4.78 is 35.9. The number of alkyl halides is 3. The van der Waals surface area contributed by atoms with Crippen LogP contribution in [0, 0.1) is 5.92 Å². The molecule has 0 bridgehead atoms. The highest BCUT2D eigenvalue weighted by atomic mass is 32.2. The van der Waals surface area contributed by atoms with Crippen LogP contribution in [0.1, 0.15) is 38.5 Å². The van der Waals surface area contributed by atoms with Crippen LogP contribution in [0.2, 0.25) is 0 Å². The lowest BCUT2D eigenvalue weighted by atomic mass is 9.86. The lowest BCUT2D eigenvalue weighted by Crippen LogP contribution is -2.46. The molecule has 0 amide bonds. The van der Waals surface area contributed by atoms with Crippen LogP contribution in [-0.4, -0.2) is 29.7 Å². The van der Waals surface area contributed by atoms with Gasteiger partial charge in [0.05, 0.1) is 0 Å². The van der Waals surface area contributed by atoms with Crippen LogP contribution in [0.4, 0.5) is 13.2 Å². The van der Waals surface area contributed by atoms with E-state index in [4.69, 9.17) is 0 Å². The predicted octanol–water partition coefficient (Wildman–Crippen LogP) is 3.58. The third-order valence-electron chi connectivity index (χ3n) is 3.53. The van der Waals surface area contributed by atoms with Crippen molar-refractivity contribution in [2.75, 3.05) is 12.3 Å². The van der Waals surface area contributed by atoms with Crippen molar-refractivity contribution in [3.05, 3.63) is 0 Å². The molecule has 0 spiro atoms. The van der Waals surface area contributed by atoms with E-state index in [0.29, 0.717) is 6.04 Å². The third kappa shape index (κ3) is 4.37. The summed E-state index contributed by atoms with van der Waals surface area (Å²) in [4.78, 5) is 4.25. The van der Waals surface area contributed by atoms with Gasteiger partial charge in [0.25, 0.3) is 0 Å². The smallest absolute Gasteiger partial charge is 0.362 e. The fourth-order valence-electron chi connectivity index (χ4n) is 2.53. The van der Waals surface area contributed by atoms with Gasteiger partial charge in [0.2, 0.25) is 0 Å². The molecule has 2 unspecified atom stereocenters. The van der Waals surface area contributed by atoms with Crippen molar-refractivity contribution in [2.45, 2.75) is 50.7 Å². The molecule has 104 valence electrons. The zero-order chi connectivity index (χ0) is 13.0. The van der Waals surface area contributed by atoms with E-state index in [1.54, 1.807) is 11.8 Å². The molecular formula is C12H19F3N2S. The van der Waals surface area contributed by atoms with Crippen molar-refractivity contribution < 1.29 is 13.2 Å². The number of amidine groups is 1. The highest BCUT2D eigenvalue weighted by Gasteiger charge is 2.30. The van der Waals surface area contributed by atoms with Crippen LogP contribution in [0.25, 0.3) is 0 Å². The zero-order valence-corrected chi connectivity index (χ0v) is 11.1. The fourth-order valence-corrected chi connectivity index (χ4v) is 3.72. The molecule has 6 heteroatoms. The molecule has 0 aromatic heterocycles. The number of hydrogen-bond acceptors (Lipinski definition) is 2. The molecule has 1 saturated heterocycles. The van der Waals surface area contributed by atoms with E-state index in [1.807, 2.05) is 0 Å². The van der Waals surface area contributed by atoms with Gasteiger partial charge in [0.15, 0.2) is 5.17 Å². The first-order valence-electron chi connectivity index (χ1n) is 6.55. The molecule has 2 rings (SSSR count). The van der Waals surface area contributed by atoms with E-state index in [0.717, 1.165) is 16.8 Å². The molecular weight excluding hydrogens is 261 g/mol. The second kappa shape index (κ2) is 6.17. The van der Waals surface area contributed by atoms with Crippen LogP contribution in [0.5, 0.6) is 0 Å². The van der Waals surface area contributed by atoms with Gasteiger partial charge in [-0.15, -0.1) is 0 Å². The Morgan fingerprint density at radius 1 is 1.28 bits per heavy atom. The van der Waals surface area contributed by atoms with Gasteiger partial charge in [-0.2, -0.15) is 13.2 Å². The molecule has 1 aliphatic carbocycles. The Hall–Kier alpha value is -0.390. The summed E-state index contributed by atoms with van der Waals surface area (Å²) in [7, 11) is 0. The summed E-state index contributed by atoms with van der Waals surface area (Å²) in [6.07, 6.45) is 0.298. The fraction of sp³-hybridized carbons (Fsp3) is 0.917. The molecule has 0 radical (unpaired) electrons. The lowest BCUT2D eigenvalue weighted by molar-refractivity contribution is -0.134. The van der Waals surface area contributed by atoms with Crippen LogP contribution in [-0.2, 0) is 0 Å². The van der Waals surface area contributed by atoms with Crippen LogP contribution >= 0.6 is 11.8 Å². The Kier molecular flexibility index (Phi) is 4.81. The number of hydrogen-bond donors (Lipinski definition) is 1. The van der Waals surface area contributed by atoms with E-state index >= 15 is 0 Å². The summed E-state index contributed by atoms with van der Waals surface area (Å²) in [5.74, 6) is 1.79. The zero-order valence-electron chi connectivity index (χ0n) is 10.3. The number of thioether (sulfide) groups is 1. The number of fused-ring (bicyclic) bond motifs is 1. The minimum Gasteiger partial charge on any atom is -0.362 e. The third-order valence-corrected chi connectivity index (χ3v) is 4.64. The maximum atomic E-state index is 12.0. The van der Waals surface area contributed by atoms with Crippen molar-refractivity contribution >= 4 is 16.9 Å². The maximum absolute atomic E-state index is 12.0. The van der Waals surface area contributed by atoms with Gasteiger partial charge < -0.3 is 5.32 Å². The van der Waals surface area contributed by atoms with Gasteiger partial charge >= 0.3 is 6.18 Å². The van der Waals surface area contributed by atoms with E-state index < -0.39 is 12.6 Å². The monoisotopic (exact) mass is 280 g/mol. The largest absolute Gasteiger partial charge is 0.389 e. The Labute approximate surface area is 110 Å².